The van der Waals surface area contributed by atoms with Crippen LogP contribution in [0.1, 0.15) is 22.1 Å². The number of aromatic nitrogens is 1. The molecule has 0 fully saturated rings. The summed E-state index contributed by atoms with van der Waals surface area (Å²) in [6.07, 6.45) is 1.36. The summed E-state index contributed by atoms with van der Waals surface area (Å²) >= 11 is 0. The molecule has 0 saturated carbocycles. The summed E-state index contributed by atoms with van der Waals surface area (Å²) in [7, 11) is 0. The fourth-order valence-corrected chi connectivity index (χ4v) is 0.878. The predicted octanol–water partition coefficient (Wildman–Crippen LogP) is -0.228. The number of carboxylic acids is 1. The monoisotopic (exact) mass is 182 g/mol. The molecule has 1 unspecified atom stereocenters. The van der Waals surface area contributed by atoms with Gasteiger partial charge in [-0.1, -0.05) is 0 Å². The van der Waals surface area contributed by atoms with E-state index in [1.807, 2.05) is 0 Å². The largest absolute Gasteiger partial charge is 0.478 e. The number of rotatable bonds is 3. The van der Waals surface area contributed by atoms with Crippen LogP contribution in [0.5, 0.6) is 0 Å². The van der Waals surface area contributed by atoms with Crippen LogP contribution in [0, 0.1) is 0 Å². The van der Waals surface area contributed by atoms with Crippen molar-refractivity contribution in [1.82, 2.24) is 4.98 Å². The zero-order valence-corrected chi connectivity index (χ0v) is 6.84. The number of carbonyl (C=O) groups is 1. The molecule has 0 aliphatic carbocycles. The lowest BCUT2D eigenvalue weighted by Crippen LogP contribution is -2.16. The van der Waals surface area contributed by atoms with Crippen molar-refractivity contribution in [3.05, 3.63) is 29.6 Å². The highest BCUT2D eigenvalue weighted by atomic mass is 16.4. The third-order valence-corrected chi connectivity index (χ3v) is 1.60. The number of nitrogens with two attached hydrogens (primary N) is 1. The van der Waals surface area contributed by atoms with Crippen LogP contribution < -0.4 is 5.73 Å². The normalized spacial score (nSPS) is 12.5. The van der Waals surface area contributed by atoms with Gasteiger partial charge in [-0.05, 0) is 12.1 Å². The Morgan fingerprint density at radius 3 is 2.92 bits per heavy atom. The lowest BCUT2D eigenvalue weighted by atomic mass is 10.1. The molecule has 0 aliphatic heterocycles. The van der Waals surface area contributed by atoms with Crippen molar-refractivity contribution >= 4 is 5.97 Å². The SMILES string of the molecule is NC(CO)c1cc(C(=O)O)ccn1. The van der Waals surface area contributed by atoms with Crippen LogP contribution in [0.25, 0.3) is 0 Å². The second-order valence-electron chi connectivity index (χ2n) is 2.56. The van der Waals surface area contributed by atoms with Crippen LogP contribution in [0.3, 0.4) is 0 Å². The molecule has 0 radical (unpaired) electrons. The van der Waals surface area contributed by atoms with Crippen molar-refractivity contribution in [2.45, 2.75) is 6.04 Å². The molecule has 0 amide bonds. The van der Waals surface area contributed by atoms with E-state index in [1.165, 1.54) is 18.3 Å². The number of pyridine rings is 1. The number of nitrogens with zero attached hydrogens (tertiary/aromatic N) is 1. The van der Waals surface area contributed by atoms with Gasteiger partial charge >= 0.3 is 5.97 Å². The molecular weight excluding hydrogens is 172 g/mol. The third-order valence-electron chi connectivity index (χ3n) is 1.60. The molecule has 70 valence electrons. The van der Waals surface area contributed by atoms with Gasteiger partial charge in [0.2, 0.25) is 0 Å². The first-order valence-electron chi connectivity index (χ1n) is 3.71. The Morgan fingerprint density at radius 2 is 2.38 bits per heavy atom. The lowest BCUT2D eigenvalue weighted by Gasteiger charge is -2.06. The van der Waals surface area contributed by atoms with Crippen molar-refractivity contribution in [3.63, 3.8) is 0 Å². The van der Waals surface area contributed by atoms with Gasteiger partial charge < -0.3 is 15.9 Å². The maximum absolute atomic E-state index is 10.5. The Hall–Kier alpha value is -1.46. The average Bonchev–Trinajstić information content (AvgIpc) is 2.17. The highest BCUT2D eigenvalue weighted by molar-refractivity contribution is 5.87. The first-order chi connectivity index (χ1) is 6.15. The van der Waals surface area contributed by atoms with Crippen LogP contribution in [0.2, 0.25) is 0 Å². The van der Waals surface area contributed by atoms with Crippen molar-refractivity contribution in [1.29, 1.82) is 0 Å². The van der Waals surface area contributed by atoms with Gasteiger partial charge in [0, 0.05) is 6.20 Å². The van der Waals surface area contributed by atoms with E-state index < -0.39 is 12.0 Å². The molecule has 0 bridgehead atoms. The summed E-state index contributed by atoms with van der Waals surface area (Å²) < 4.78 is 0. The fraction of sp³-hybridized carbons (Fsp3) is 0.250. The molecule has 5 heteroatoms. The lowest BCUT2D eigenvalue weighted by molar-refractivity contribution is 0.0696. The molecule has 1 heterocycles. The zero-order valence-electron chi connectivity index (χ0n) is 6.84. The van der Waals surface area contributed by atoms with Gasteiger partial charge in [0.05, 0.1) is 23.9 Å². The Kier molecular flexibility index (Phi) is 2.94. The molecule has 0 saturated heterocycles. The number of aliphatic hydroxyl groups excluding tert-OH is 1. The Bertz CT molecular complexity index is 314. The van der Waals surface area contributed by atoms with E-state index in [0.717, 1.165) is 0 Å². The molecule has 1 atom stereocenters. The van der Waals surface area contributed by atoms with Gasteiger partial charge in [-0.15, -0.1) is 0 Å². The number of aromatic carboxylic acids is 1. The number of carboxylic acid groups (broad SMARTS) is 1. The summed E-state index contributed by atoms with van der Waals surface area (Å²) in [5.41, 5.74) is 5.95. The van der Waals surface area contributed by atoms with E-state index in [0.29, 0.717) is 5.69 Å². The summed E-state index contributed by atoms with van der Waals surface area (Å²) in [5, 5.41) is 17.3. The molecule has 0 aromatic carbocycles. The summed E-state index contributed by atoms with van der Waals surface area (Å²) in [6, 6.07) is 2.10. The Morgan fingerprint density at radius 1 is 1.69 bits per heavy atom. The minimum absolute atomic E-state index is 0.119. The second-order valence-corrected chi connectivity index (χ2v) is 2.56. The topological polar surface area (TPSA) is 96.4 Å². The standard InChI is InChI=1S/C8H10N2O3/c9-6(4-11)7-3-5(8(12)13)1-2-10-7/h1-3,6,11H,4,9H2,(H,12,13). The van der Waals surface area contributed by atoms with E-state index in [4.69, 9.17) is 15.9 Å². The molecule has 5 nitrogen and oxygen atoms in total. The predicted molar refractivity (Wildman–Crippen MR) is 45.2 cm³/mol. The van der Waals surface area contributed by atoms with Crippen molar-refractivity contribution in [3.8, 4) is 0 Å². The number of hydrogen-bond donors (Lipinski definition) is 3. The fourth-order valence-electron chi connectivity index (χ4n) is 0.878. The third kappa shape index (κ3) is 2.24. The molecular formula is C8H10N2O3. The first-order valence-corrected chi connectivity index (χ1v) is 3.71. The molecule has 1 rings (SSSR count). The van der Waals surface area contributed by atoms with Gasteiger partial charge in [-0.25, -0.2) is 4.79 Å². The van der Waals surface area contributed by atoms with Gasteiger partial charge in [-0.3, -0.25) is 4.98 Å². The van der Waals surface area contributed by atoms with Crippen LogP contribution in [0.4, 0.5) is 0 Å². The Labute approximate surface area is 74.8 Å². The molecule has 13 heavy (non-hydrogen) atoms. The Balaban J connectivity index is 2.98. The zero-order chi connectivity index (χ0) is 9.84. The van der Waals surface area contributed by atoms with E-state index in [2.05, 4.69) is 4.98 Å². The summed E-state index contributed by atoms with van der Waals surface area (Å²) in [4.78, 5) is 14.4. The highest BCUT2D eigenvalue weighted by Crippen LogP contribution is 2.08. The van der Waals surface area contributed by atoms with Gasteiger partial charge in [0.1, 0.15) is 0 Å². The van der Waals surface area contributed by atoms with Crippen LogP contribution >= 0.6 is 0 Å². The smallest absolute Gasteiger partial charge is 0.335 e. The molecule has 1 aromatic heterocycles. The minimum Gasteiger partial charge on any atom is -0.478 e. The minimum atomic E-state index is -1.03. The maximum Gasteiger partial charge on any atom is 0.335 e. The van der Waals surface area contributed by atoms with Crippen LogP contribution in [-0.4, -0.2) is 27.8 Å². The molecule has 1 aromatic rings. The highest BCUT2D eigenvalue weighted by Gasteiger charge is 2.09. The molecule has 0 aliphatic rings. The van der Waals surface area contributed by atoms with Gasteiger partial charge in [0.15, 0.2) is 0 Å². The summed E-state index contributed by atoms with van der Waals surface area (Å²) in [6.45, 7) is -0.254. The average molecular weight is 182 g/mol. The van der Waals surface area contributed by atoms with E-state index >= 15 is 0 Å². The first kappa shape index (κ1) is 9.63. The quantitative estimate of drug-likeness (QED) is 0.600. The summed E-state index contributed by atoms with van der Waals surface area (Å²) in [5.74, 6) is -1.03. The number of hydrogen-bond acceptors (Lipinski definition) is 4. The van der Waals surface area contributed by atoms with E-state index in [9.17, 15) is 4.79 Å². The van der Waals surface area contributed by atoms with Crippen molar-refractivity contribution in [2.75, 3.05) is 6.61 Å². The van der Waals surface area contributed by atoms with Gasteiger partial charge in [-0.2, -0.15) is 0 Å². The maximum atomic E-state index is 10.5. The van der Waals surface area contributed by atoms with E-state index in [1.54, 1.807) is 0 Å². The molecule has 4 N–H and O–H groups in total. The second kappa shape index (κ2) is 3.97. The van der Waals surface area contributed by atoms with Crippen molar-refractivity contribution < 1.29 is 15.0 Å². The van der Waals surface area contributed by atoms with Crippen molar-refractivity contribution in [2.24, 2.45) is 5.73 Å². The van der Waals surface area contributed by atoms with E-state index in [-0.39, 0.29) is 12.2 Å². The van der Waals surface area contributed by atoms with Crippen LogP contribution in [0.15, 0.2) is 18.3 Å². The van der Waals surface area contributed by atoms with Gasteiger partial charge in [0.25, 0.3) is 0 Å². The van der Waals surface area contributed by atoms with Crippen LogP contribution in [-0.2, 0) is 0 Å². The molecule has 0 spiro atoms. The number of aliphatic hydroxyl groups is 1.